The summed E-state index contributed by atoms with van der Waals surface area (Å²) in [4.78, 5) is 22.8. The molecule has 0 aliphatic rings. The van der Waals surface area contributed by atoms with Gasteiger partial charge in [0.25, 0.3) is 0 Å². The Morgan fingerprint density at radius 2 is 1.90 bits per heavy atom. The van der Waals surface area contributed by atoms with E-state index in [4.69, 9.17) is 11.6 Å². The van der Waals surface area contributed by atoms with E-state index in [0.29, 0.717) is 19.0 Å². The molecule has 0 fully saturated rings. The van der Waals surface area contributed by atoms with Gasteiger partial charge in [-0.05, 0) is 24.6 Å². The Morgan fingerprint density at radius 1 is 1.25 bits per heavy atom. The van der Waals surface area contributed by atoms with Gasteiger partial charge in [0.2, 0.25) is 0 Å². The maximum absolute atomic E-state index is 12.5. The maximum Gasteiger partial charge on any atom is 0.416 e. The van der Waals surface area contributed by atoms with Crippen LogP contribution in [0.4, 0.5) is 18.9 Å². The number of alkyl halides is 3. The number of nitrogens with one attached hydrogen (secondary N) is 2. The first-order valence-corrected chi connectivity index (χ1v) is 6.09. The zero-order valence-corrected chi connectivity index (χ0v) is 11.2. The molecule has 0 atom stereocenters. The summed E-state index contributed by atoms with van der Waals surface area (Å²) < 4.78 is 37.6. The molecule has 0 bridgehead atoms. The van der Waals surface area contributed by atoms with E-state index in [-0.39, 0.29) is 10.7 Å². The number of halogens is 4. The summed E-state index contributed by atoms with van der Waals surface area (Å²) in [5.74, 6) is -2.00. The van der Waals surface area contributed by atoms with Gasteiger partial charge in [-0.25, -0.2) is 0 Å². The number of carbonyl (C=O) groups excluding carboxylic acids is 2. The highest BCUT2D eigenvalue weighted by Crippen LogP contribution is 2.33. The second-order valence-corrected chi connectivity index (χ2v) is 4.31. The molecule has 0 unspecified atom stereocenters. The molecule has 4 nitrogen and oxygen atoms in total. The molecule has 2 N–H and O–H groups in total. The molecular formula is C12H12ClF3N2O2. The smallest absolute Gasteiger partial charge is 0.348 e. The van der Waals surface area contributed by atoms with E-state index >= 15 is 0 Å². The average Bonchev–Trinajstić information content (AvgIpc) is 2.37. The van der Waals surface area contributed by atoms with Gasteiger partial charge < -0.3 is 10.6 Å². The van der Waals surface area contributed by atoms with Gasteiger partial charge in [0.15, 0.2) is 0 Å². The summed E-state index contributed by atoms with van der Waals surface area (Å²) in [6.45, 7) is 2.09. The third-order valence-corrected chi connectivity index (χ3v) is 2.61. The van der Waals surface area contributed by atoms with Gasteiger partial charge in [-0.3, -0.25) is 9.59 Å². The van der Waals surface area contributed by atoms with E-state index in [0.717, 1.165) is 12.1 Å². The minimum atomic E-state index is -4.56. The lowest BCUT2D eigenvalue weighted by atomic mass is 10.2. The van der Waals surface area contributed by atoms with Crippen molar-refractivity contribution in [2.45, 2.75) is 19.5 Å². The third-order valence-electron chi connectivity index (χ3n) is 2.28. The van der Waals surface area contributed by atoms with Gasteiger partial charge in [0.05, 0.1) is 16.3 Å². The first kappa shape index (κ1) is 16.3. The fourth-order valence-corrected chi connectivity index (χ4v) is 1.46. The molecule has 0 aromatic heterocycles. The Morgan fingerprint density at radius 3 is 2.45 bits per heavy atom. The lowest BCUT2D eigenvalue weighted by Gasteiger charge is -2.11. The Balaban J connectivity index is 2.86. The zero-order chi connectivity index (χ0) is 15.3. The number of benzene rings is 1. The normalized spacial score (nSPS) is 11.1. The minimum absolute atomic E-state index is 0.0883. The molecular weight excluding hydrogens is 297 g/mol. The van der Waals surface area contributed by atoms with Crippen molar-refractivity contribution in [2.24, 2.45) is 0 Å². The summed E-state index contributed by atoms with van der Waals surface area (Å²) in [5, 5.41) is 4.26. The Bertz CT molecular complexity index is 518. The molecule has 2 amide bonds. The Kier molecular flexibility index (Phi) is 5.38. The number of rotatable bonds is 3. The first-order valence-electron chi connectivity index (χ1n) is 5.71. The summed E-state index contributed by atoms with van der Waals surface area (Å²) in [7, 11) is 0. The molecule has 1 aromatic carbocycles. The van der Waals surface area contributed by atoms with Crippen LogP contribution in [0.25, 0.3) is 0 Å². The van der Waals surface area contributed by atoms with Crippen LogP contribution >= 0.6 is 11.6 Å². The van der Waals surface area contributed by atoms with E-state index in [2.05, 4.69) is 5.32 Å². The van der Waals surface area contributed by atoms with E-state index in [1.54, 1.807) is 6.92 Å². The van der Waals surface area contributed by atoms with E-state index < -0.39 is 23.6 Å². The van der Waals surface area contributed by atoms with Crippen molar-refractivity contribution in [3.05, 3.63) is 28.8 Å². The highest BCUT2D eigenvalue weighted by Gasteiger charge is 2.31. The van der Waals surface area contributed by atoms with Gasteiger partial charge in [0.1, 0.15) is 0 Å². The molecule has 0 saturated carbocycles. The van der Waals surface area contributed by atoms with Crippen LogP contribution in [0.15, 0.2) is 18.2 Å². The molecule has 0 spiro atoms. The van der Waals surface area contributed by atoms with Crippen molar-refractivity contribution >= 4 is 29.1 Å². The van der Waals surface area contributed by atoms with Crippen molar-refractivity contribution in [3.8, 4) is 0 Å². The second kappa shape index (κ2) is 6.60. The summed E-state index contributed by atoms with van der Waals surface area (Å²) in [6, 6.07) is 2.46. The second-order valence-electron chi connectivity index (χ2n) is 3.90. The monoisotopic (exact) mass is 308 g/mol. The van der Waals surface area contributed by atoms with Crippen LogP contribution in [0, 0.1) is 0 Å². The molecule has 0 aliphatic heterocycles. The quantitative estimate of drug-likeness (QED) is 0.844. The largest absolute Gasteiger partial charge is 0.416 e. The van der Waals surface area contributed by atoms with Crippen molar-refractivity contribution in [2.75, 3.05) is 11.9 Å². The van der Waals surface area contributed by atoms with Gasteiger partial charge >= 0.3 is 18.0 Å². The highest BCUT2D eigenvalue weighted by atomic mass is 35.5. The van der Waals surface area contributed by atoms with E-state index in [1.165, 1.54) is 0 Å². The van der Waals surface area contributed by atoms with Crippen LogP contribution in [0.5, 0.6) is 0 Å². The number of anilines is 1. The maximum atomic E-state index is 12.5. The number of amides is 2. The topological polar surface area (TPSA) is 58.2 Å². The summed E-state index contributed by atoms with van der Waals surface area (Å²) in [5.41, 5.74) is -1.23. The predicted octanol–water partition coefficient (Wildman–Crippen LogP) is 2.82. The van der Waals surface area contributed by atoms with Crippen molar-refractivity contribution in [1.82, 2.24) is 5.32 Å². The average molecular weight is 309 g/mol. The van der Waals surface area contributed by atoms with E-state index in [9.17, 15) is 22.8 Å². The minimum Gasteiger partial charge on any atom is -0.348 e. The molecule has 0 saturated heterocycles. The highest BCUT2D eigenvalue weighted by molar-refractivity contribution is 6.41. The lowest BCUT2D eigenvalue weighted by molar-refractivity contribution is -0.137. The molecule has 1 aromatic rings. The number of carbonyl (C=O) groups is 2. The van der Waals surface area contributed by atoms with Gasteiger partial charge in [-0.2, -0.15) is 13.2 Å². The predicted molar refractivity (Wildman–Crippen MR) is 68.4 cm³/mol. The van der Waals surface area contributed by atoms with Gasteiger partial charge in [-0.1, -0.05) is 18.5 Å². The van der Waals surface area contributed by atoms with Gasteiger partial charge in [-0.15, -0.1) is 0 Å². The van der Waals surface area contributed by atoms with Crippen molar-refractivity contribution < 1.29 is 22.8 Å². The van der Waals surface area contributed by atoms with Crippen molar-refractivity contribution in [3.63, 3.8) is 0 Å². The Labute approximate surface area is 118 Å². The standard InChI is InChI=1S/C12H12ClF3N2O2/c1-2-5-17-10(19)11(20)18-9-6-7(12(14,15)16)3-4-8(9)13/h3-4,6H,2,5H2,1H3,(H,17,19)(H,18,20). The molecule has 110 valence electrons. The Hall–Kier alpha value is -1.76. The molecule has 0 aliphatic carbocycles. The van der Waals surface area contributed by atoms with Crippen LogP contribution in [-0.4, -0.2) is 18.4 Å². The third kappa shape index (κ3) is 4.41. The van der Waals surface area contributed by atoms with Crippen LogP contribution in [-0.2, 0) is 15.8 Å². The summed E-state index contributed by atoms with van der Waals surface area (Å²) in [6.07, 6.45) is -3.93. The molecule has 1 rings (SSSR count). The molecule has 20 heavy (non-hydrogen) atoms. The van der Waals surface area contributed by atoms with E-state index in [1.807, 2.05) is 5.32 Å². The lowest BCUT2D eigenvalue weighted by Crippen LogP contribution is -2.35. The summed E-state index contributed by atoms with van der Waals surface area (Å²) >= 11 is 5.69. The van der Waals surface area contributed by atoms with Crippen molar-refractivity contribution in [1.29, 1.82) is 0 Å². The van der Waals surface area contributed by atoms with Crippen LogP contribution in [0.2, 0.25) is 5.02 Å². The molecule has 0 heterocycles. The molecule has 0 radical (unpaired) electrons. The zero-order valence-electron chi connectivity index (χ0n) is 10.5. The molecule has 8 heteroatoms. The fourth-order valence-electron chi connectivity index (χ4n) is 1.30. The first-order chi connectivity index (χ1) is 9.25. The van der Waals surface area contributed by atoms with Gasteiger partial charge in [0, 0.05) is 6.54 Å². The van der Waals surface area contributed by atoms with Crippen LogP contribution in [0.3, 0.4) is 0 Å². The number of hydrogen-bond acceptors (Lipinski definition) is 2. The SMILES string of the molecule is CCCNC(=O)C(=O)Nc1cc(C(F)(F)F)ccc1Cl. The van der Waals surface area contributed by atoms with Crippen LogP contribution in [0.1, 0.15) is 18.9 Å². The number of hydrogen-bond donors (Lipinski definition) is 2. The van der Waals surface area contributed by atoms with Crippen LogP contribution < -0.4 is 10.6 Å². The fraction of sp³-hybridized carbons (Fsp3) is 0.333.